The minimum Gasteiger partial charge on any atom is -0.395 e. The van der Waals surface area contributed by atoms with Gasteiger partial charge < -0.3 is 10.2 Å². The highest BCUT2D eigenvalue weighted by atomic mass is 33.5. The van der Waals surface area contributed by atoms with Crippen molar-refractivity contribution in [3.63, 3.8) is 0 Å². The molecule has 0 aromatic carbocycles. The van der Waals surface area contributed by atoms with E-state index in [0.29, 0.717) is 5.25 Å². The van der Waals surface area contributed by atoms with Gasteiger partial charge in [0.2, 0.25) is 0 Å². The predicted molar refractivity (Wildman–Crippen MR) is 139 cm³/mol. The number of unbranched alkanes of at least 4 members (excludes halogenated alkanes) is 14. The van der Waals surface area contributed by atoms with Gasteiger partial charge in [-0.3, -0.25) is 0 Å². The highest BCUT2D eigenvalue weighted by Gasteiger charge is 2.10. The molecule has 2 N–H and O–H groups in total. The summed E-state index contributed by atoms with van der Waals surface area (Å²) in [4.78, 5) is 0. The van der Waals surface area contributed by atoms with Gasteiger partial charge >= 0.3 is 0 Å². The van der Waals surface area contributed by atoms with Gasteiger partial charge in [0, 0.05) is 11.0 Å². The highest BCUT2D eigenvalue weighted by Crippen LogP contribution is 2.39. The van der Waals surface area contributed by atoms with Crippen molar-refractivity contribution in [2.75, 3.05) is 12.4 Å². The van der Waals surface area contributed by atoms with Crippen LogP contribution in [0.1, 0.15) is 129 Å². The summed E-state index contributed by atoms with van der Waals surface area (Å²) in [7, 11) is 5.31. The Balaban J connectivity index is 3.42. The van der Waals surface area contributed by atoms with E-state index in [-0.39, 0.29) is 12.7 Å². The summed E-state index contributed by atoms with van der Waals surface area (Å²) in [6.45, 7) is 4.80. The highest BCUT2D eigenvalue weighted by molar-refractivity contribution is 9.09. The second kappa shape index (κ2) is 25.2. The third-order valence-corrected chi connectivity index (χ3v) is 10.1. The van der Waals surface area contributed by atoms with Crippen LogP contribution in [-0.4, -0.2) is 33.9 Å². The molecule has 0 bridgehead atoms. The lowest BCUT2D eigenvalue weighted by Crippen LogP contribution is -2.09. The molecule has 2 nitrogen and oxygen atoms in total. The first-order chi connectivity index (χ1) is 14.2. The summed E-state index contributed by atoms with van der Waals surface area (Å²) in [5.41, 5.74) is 0. The molecule has 0 fully saturated rings. The SMILES string of the molecule is CCCCCCCCCCC(O)CSSSC(CO)CCCCCCCCCC. The Bertz CT molecular complexity index is 306. The molecule has 0 aliphatic heterocycles. The number of rotatable bonds is 24. The third kappa shape index (κ3) is 23.5. The first-order valence-corrected chi connectivity index (χ1v) is 16.2. The van der Waals surface area contributed by atoms with E-state index in [1.807, 2.05) is 0 Å². The number of aliphatic hydroxyl groups excluding tert-OH is 2. The van der Waals surface area contributed by atoms with Crippen molar-refractivity contribution in [1.29, 1.82) is 0 Å². The van der Waals surface area contributed by atoms with Gasteiger partial charge in [0.15, 0.2) is 0 Å². The maximum Gasteiger partial charge on any atom is 0.0639 e. The van der Waals surface area contributed by atoms with Crippen molar-refractivity contribution in [1.82, 2.24) is 0 Å². The monoisotopic (exact) mass is 466 g/mol. The van der Waals surface area contributed by atoms with Gasteiger partial charge in [-0.1, -0.05) is 138 Å². The molecule has 0 saturated heterocycles. The first kappa shape index (κ1) is 30.0. The Labute approximate surface area is 194 Å². The van der Waals surface area contributed by atoms with Crippen molar-refractivity contribution in [2.24, 2.45) is 0 Å². The van der Waals surface area contributed by atoms with E-state index < -0.39 is 0 Å². The van der Waals surface area contributed by atoms with Crippen LogP contribution in [0.4, 0.5) is 0 Å². The molecule has 0 rings (SSSR count). The van der Waals surface area contributed by atoms with E-state index in [0.717, 1.165) is 25.0 Å². The fraction of sp³-hybridized carbons (Fsp3) is 1.00. The Morgan fingerprint density at radius 3 is 1.55 bits per heavy atom. The van der Waals surface area contributed by atoms with Crippen molar-refractivity contribution in [2.45, 2.75) is 141 Å². The minimum absolute atomic E-state index is 0.173. The van der Waals surface area contributed by atoms with Crippen molar-refractivity contribution in [3.05, 3.63) is 0 Å². The molecule has 5 heteroatoms. The standard InChI is InChI=1S/C24H50O2S3/c1-3-5-7-9-11-13-15-17-19-23(26)22-27-29-28-24(21-25)20-18-16-14-12-10-8-6-4-2/h23-26H,3-22H2,1-2H3. The van der Waals surface area contributed by atoms with Crippen molar-refractivity contribution >= 4 is 31.4 Å². The molecule has 176 valence electrons. The summed E-state index contributed by atoms with van der Waals surface area (Å²) >= 11 is 0. The topological polar surface area (TPSA) is 40.5 Å². The van der Waals surface area contributed by atoms with Gasteiger partial charge in [-0.15, -0.1) is 0 Å². The van der Waals surface area contributed by atoms with E-state index in [2.05, 4.69) is 13.8 Å². The van der Waals surface area contributed by atoms with Gasteiger partial charge in [0.1, 0.15) is 0 Å². The Morgan fingerprint density at radius 1 is 0.621 bits per heavy atom. The Morgan fingerprint density at radius 2 is 1.07 bits per heavy atom. The number of hydrogen-bond acceptors (Lipinski definition) is 5. The average Bonchev–Trinajstić information content (AvgIpc) is 2.73. The molecule has 2 atom stereocenters. The molecule has 0 amide bonds. The molecule has 0 aromatic rings. The fourth-order valence-electron chi connectivity index (χ4n) is 3.46. The summed E-state index contributed by atoms with van der Waals surface area (Å²) < 4.78 is 0. The van der Waals surface area contributed by atoms with Gasteiger partial charge in [-0.05, 0) is 22.7 Å². The van der Waals surface area contributed by atoms with Crippen LogP contribution in [-0.2, 0) is 0 Å². The average molecular weight is 467 g/mol. The molecule has 0 aliphatic rings. The molecule has 2 unspecified atom stereocenters. The van der Waals surface area contributed by atoms with Gasteiger partial charge in [-0.2, -0.15) is 0 Å². The van der Waals surface area contributed by atoms with E-state index in [1.165, 1.54) is 96.3 Å². The molecule has 0 saturated carbocycles. The molecular formula is C24H50O2S3. The molecule has 0 heterocycles. The quantitative estimate of drug-likeness (QED) is 0.110. The molecule has 0 aromatic heterocycles. The smallest absolute Gasteiger partial charge is 0.0639 e. The zero-order chi connectivity index (χ0) is 21.4. The van der Waals surface area contributed by atoms with E-state index in [9.17, 15) is 10.2 Å². The molecule has 0 radical (unpaired) electrons. The largest absolute Gasteiger partial charge is 0.395 e. The molecule has 29 heavy (non-hydrogen) atoms. The van der Waals surface area contributed by atoms with Crippen LogP contribution in [0.2, 0.25) is 0 Å². The number of hydrogen-bond donors (Lipinski definition) is 2. The maximum absolute atomic E-state index is 10.1. The summed E-state index contributed by atoms with van der Waals surface area (Å²) in [6.07, 6.45) is 23.2. The molecule has 0 spiro atoms. The van der Waals surface area contributed by atoms with Crippen LogP contribution in [0, 0.1) is 0 Å². The van der Waals surface area contributed by atoms with Crippen LogP contribution in [0.25, 0.3) is 0 Å². The second-order valence-electron chi connectivity index (χ2n) is 8.43. The van der Waals surface area contributed by atoms with Crippen molar-refractivity contribution < 1.29 is 10.2 Å². The van der Waals surface area contributed by atoms with Crippen LogP contribution in [0.5, 0.6) is 0 Å². The van der Waals surface area contributed by atoms with Crippen LogP contribution < -0.4 is 0 Å². The lowest BCUT2D eigenvalue weighted by Gasteiger charge is -2.13. The number of aliphatic hydroxyl groups is 2. The Hall–Kier alpha value is 0.970. The zero-order valence-electron chi connectivity index (χ0n) is 19.4. The third-order valence-electron chi connectivity index (χ3n) is 5.46. The van der Waals surface area contributed by atoms with Crippen LogP contribution in [0.3, 0.4) is 0 Å². The van der Waals surface area contributed by atoms with Gasteiger partial charge in [-0.25, -0.2) is 0 Å². The van der Waals surface area contributed by atoms with E-state index in [4.69, 9.17) is 0 Å². The molecule has 0 aliphatic carbocycles. The van der Waals surface area contributed by atoms with Gasteiger partial charge in [0.05, 0.1) is 12.7 Å². The Kier molecular flexibility index (Phi) is 26.1. The summed E-state index contributed by atoms with van der Waals surface area (Å²) in [6, 6.07) is 0. The van der Waals surface area contributed by atoms with Crippen LogP contribution in [0.15, 0.2) is 0 Å². The van der Waals surface area contributed by atoms with E-state index >= 15 is 0 Å². The summed E-state index contributed by atoms with van der Waals surface area (Å²) in [5.74, 6) is 0.810. The first-order valence-electron chi connectivity index (χ1n) is 12.5. The van der Waals surface area contributed by atoms with E-state index in [1.54, 1.807) is 31.4 Å². The minimum atomic E-state index is -0.173. The zero-order valence-corrected chi connectivity index (χ0v) is 21.9. The lowest BCUT2D eigenvalue weighted by atomic mass is 10.1. The van der Waals surface area contributed by atoms with Crippen molar-refractivity contribution in [3.8, 4) is 0 Å². The molecular weight excluding hydrogens is 416 g/mol. The lowest BCUT2D eigenvalue weighted by molar-refractivity contribution is 0.185. The van der Waals surface area contributed by atoms with Gasteiger partial charge in [0.25, 0.3) is 0 Å². The fourth-order valence-corrected chi connectivity index (χ4v) is 7.94. The normalized spacial score (nSPS) is 13.7. The maximum atomic E-state index is 10.1. The van der Waals surface area contributed by atoms with Crippen LogP contribution >= 0.6 is 31.4 Å². The summed E-state index contributed by atoms with van der Waals surface area (Å²) in [5, 5.41) is 20.1. The predicted octanol–water partition coefficient (Wildman–Crippen LogP) is 8.80. The second-order valence-corrected chi connectivity index (χ2v) is 12.9.